The Morgan fingerprint density at radius 2 is 2.06 bits per heavy atom. The predicted molar refractivity (Wildman–Crippen MR) is 63.9 cm³/mol. The Balaban J connectivity index is 2.08. The fourth-order valence-corrected chi connectivity index (χ4v) is 2.54. The molecule has 0 spiro atoms. The molecule has 0 amide bonds. The van der Waals surface area contributed by atoms with Crippen LogP contribution in [0.4, 0.5) is 0 Å². The van der Waals surface area contributed by atoms with E-state index in [1.165, 1.54) is 0 Å². The second kappa shape index (κ2) is 3.57. The van der Waals surface area contributed by atoms with E-state index in [-0.39, 0.29) is 0 Å². The van der Waals surface area contributed by atoms with Gasteiger partial charge in [0.05, 0.1) is 4.88 Å². The zero-order valence-corrected chi connectivity index (χ0v) is 9.15. The molecule has 16 heavy (non-hydrogen) atoms. The molecule has 0 radical (unpaired) electrons. The Bertz CT molecular complexity index is 608. The summed E-state index contributed by atoms with van der Waals surface area (Å²) in [5, 5.41) is 0. The molecule has 2 aromatic heterocycles. The number of hydrogen-bond donors (Lipinski definition) is 0. The number of aldehydes is 1. The Morgan fingerprint density at radius 3 is 2.75 bits per heavy atom. The van der Waals surface area contributed by atoms with Gasteiger partial charge in [-0.1, -0.05) is 35.6 Å². The van der Waals surface area contributed by atoms with Crippen LogP contribution in [0.2, 0.25) is 0 Å². The van der Waals surface area contributed by atoms with Crippen molar-refractivity contribution in [1.82, 2.24) is 9.38 Å². The zero-order chi connectivity index (χ0) is 11.0. The first-order chi connectivity index (χ1) is 7.86. The maximum atomic E-state index is 10.5. The summed E-state index contributed by atoms with van der Waals surface area (Å²) < 4.78 is 1.99. The van der Waals surface area contributed by atoms with Gasteiger partial charge in [0.1, 0.15) is 6.29 Å². The van der Waals surface area contributed by atoms with Crippen LogP contribution in [0.3, 0.4) is 0 Å². The van der Waals surface area contributed by atoms with Gasteiger partial charge in [-0.15, -0.1) is 0 Å². The fourth-order valence-electron chi connectivity index (χ4n) is 1.59. The molecule has 3 rings (SSSR count). The van der Waals surface area contributed by atoms with Crippen LogP contribution in [-0.4, -0.2) is 15.7 Å². The number of carbonyl (C=O) groups excluding carboxylic acids is 1. The molecule has 1 aromatic carbocycles. The second-order valence-electron chi connectivity index (χ2n) is 3.45. The molecule has 0 unspecified atom stereocenters. The monoisotopic (exact) mass is 228 g/mol. The predicted octanol–water partition coefficient (Wildman–Crippen LogP) is 2.88. The van der Waals surface area contributed by atoms with Gasteiger partial charge in [-0.2, -0.15) is 0 Å². The lowest BCUT2D eigenvalue weighted by Crippen LogP contribution is -1.78. The molecule has 0 atom stereocenters. The summed E-state index contributed by atoms with van der Waals surface area (Å²) in [6.07, 6.45) is 6.61. The van der Waals surface area contributed by atoms with Crippen molar-refractivity contribution in [2.24, 2.45) is 0 Å². The van der Waals surface area contributed by atoms with Gasteiger partial charge < -0.3 is 0 Å². The summed E-state index contributed by atoms with van der Waals surface area (Å²) in [7, 11) is 0. The third-order valence-corrected chi connectivity index (χ3v) is 3.48. The largest absolute Gasteiger partial charge is 0.298 e. The van der Waals surface area contributed by atoms with Gasteiger partial charge in [-0.25, -0.2) is 4.98 Å². The van der Waals surface area contributed by atoms with Crippen LogP contribution in [0.25, 0.3) is 15.4 Å². The molecular formula is C12H8N2OS. The van der Waals surface area contributed by atoms with Crippen molar-refractivity contribution >= 4 is 22.6 Å². The third kappa shape index (κ3) is 1.44. The smallest absolute Gasteiger partial charge is 0.194 e. The lowest BCUT2D eigenvalue weighted by molar-refractivity contribution is 0.112. The Hall–Kier alpha value is -1.94. The molecule has 0 N–H and O–H groups in total. The van der Waals surface area contributed by atoms with Crippen molar-refractivity contribution < 1.29 is 4.79 Å². The van der Waals surface area contributed by atoms with Gasteiger partial charge in [-0.05, 0) is 5.56 Å². The number of thiazole rings is 1. The zero-order valence-electron chi connectivity index (χ0n) is 8.33. The first kappa shape index (κ1) is 9.30. The highest BCUT2D eigenvalue weighted by Gasteiger charge is 2.04. The van der Waals surface area contributed by atoms with Crippen molar-refractivity contribution in [2.45, 2.75) is 0 Å². The average Bonchev–Trinajstić information content (AvgIpc) is 2.89. The Morgan fingerprint density at radius 1 is 1.25 bits per heavy atom. The number of aromatic nitrogens is 2. The summed E-state index contributed by atoms with van der Waals surface area (Å²) in [5.41, 5.74) is 1.81. The Kier molecular flexibility index (Phi) is 2.08. The van der Waals surface area contributed by atoms with E-state index in [0.717, 1.165) is 21.7 Å². The normalized spacial score (nSPS) is 10.8. The van der Waals surface area contributed by atoms with E-state index in [9.17, 15) is 4.79 Å². The minimum atomic E-state index is 0.699. The van der Waals surface area contributed by atoms with Crippen molar-refractivity contribution in [2.75, 3.05) is 0 Å². The topological polar surface area (TPSA) is 34.4 Å². The van der Waals surface area contributed by atoms with E-state index in [0.29, 0.717) is 5.56 Å². The first-order valence-corrected chi connectivity index (χ1v) is 5.66. The van der Waals surface area contributed by atoms with Crippen LogP contribution in [0.5, 0.6) is 0 Å². The lowest BCUT2D eigenvalue weighted by Gasteiger charge is -1.95. The number of nitrogens with zero attached hydrogens (tertiary/aromatic N) is 2. The number of benzene rings is 1. The summed E-state index contributed by atoms with van der Waals surface area (Å²) in [6, 6.07) is 7.56. The number of fused-ring (bicyclic) bond motifs is 1. The van der Waals surface area contributed by atoms with E-state index in [4.69, 9.17) is 0 Å². The van der Waals surface area contributed by atoms with E-state index in [1.807, 2.05) is 41.1 Å². The summed E-state index contributed by atoms with van der Waals surface area (Å²) in [4.78, 5) is 16.9. The van der Waals surface area contributed by atoms with Crippen molar-refractivity contribution in [3.8, 4) is 10.4 Å². The highest BCUT2D eigenvalue weighted by atomic mass is 32.1. The minimum absolute atomic E-state index is 0.699. The van der Waals surface area contributed by atoms with Crippen molar-refractivity contribution in [3.63, 3.8) is 0 Å². The fraction of sp³-hybridized carbons (Fsp3) is 0. The van der Waals surface area contributed by atoms with Crippen LogP contribution in [0, 0.1) is 0 Å². The van der Waals surface area contributed by atoms with Crippen LogP contribution >= 0.6 is 11.3 Å². The maximum absolute atomic E-state index is 10.5. The van der Waals surface area contributed by atoms with Crippen molar-refractivity contribution in [1.29, 1.82) is 0 Å². The summed E-state index contributed by atoms with van der Waals surface area (Å²) >= 11 is 1.63. The molecule has 0 saturated carbocycles. The van der Waals surface area contributed by atoms with Crippen LogP contribution in [-0.2, 0) is 0 Å². The SMILES string of the molecule is O=Cc1ccc(-c2cn3ccnc3s2)cc1. The van der Waals surface area contributed by atoms with Gasteiger partial charge in [0.15, 0.2) is 4.96 Å². The molecule has 0 aliphatic rings. The van der Waals surface area contributed by atoms with Crippen LogP contribution in [0.15, 0.2) is 42.9 Å². The van der Waals surface area contributed by atoms with Crippen LogP contribution < -0.4 is 0 Å². The average molecular weight is 228 g/mol. The number of imidazole rings is 1. The molecule has 3 nitrogen and oxygen atoms in total. The molecule has 0 fully saturated rings. The van der Waals surface area contributed by atoms with Gasteiger partial charge in [0.25, 0.3) is 0 Å². The van der Waals surface area contributed by atoms with Crippen molar-refractivity contribution in [3.05, 3.63) is 48.4 Å². The standard InChI is InChI=1S/C12H8N2OS/c15-8-9-1-3-10(4-2-9)11-7-14-6-5-13-12(14)16-11/h1-8H. The summed E-state index contributed by atoms with van der Waals surface area (Å²) in [6.45, 7) is 0. The Labute approximate surface area is 96.0 Å². The molecule has 78 valence electrons. The third-order valence-electron chi connectivity index (χ3n) is 2.42. The van der Waals surface area contributed by atoms with Gasteiger partial charge in [0, 0.05) is 24.2 Å². The van der Waals surface area contributed by atoms with E-state index in [1.54, 1.807) is 17.5 Å². The molecule has 0 bridgehead atoms. The molecular weight excluding hydrogens is 220 g/mol. The molecule has 0 aliphatic carbocycles. The van der Waals surface area contributed by atoms with E-state index < -0.39 is 0 Å². The molecule has 0 aliphatic heterocycles. The quantitative estimate of drug-likeness (QED) is 0.632. The van der Waals surface area contributed by atoms with E-state index >= 15 is 0 Å². The highest BCUT2D eigenvalue weighted by molar-refractivity contribution is 7.20. The van der Waals surface area contributed by atoms with Gasteiger partial charge in [-0.3, -0.25) is 9.20 Å². The number of carbonyl (C=O) groups is 1. The van der Waals surface area contributed by atoms with E-state index in [2.05, 4.69) is 4.98 Å². The highest BCUT2D eigenvalue weighted by Crippen LogP contribution is 2.27. The summed E-state index contributed by atoms with van der Waals surface area (Å²) in [5.74, 6) is 0. The minimum Gasteiger partial charge on any atom is -0.298 e. The van der Waals surface area contributed by atoms with Gasteiger partial charge >= 0.3 is 0 Å². The number of rotatable bonds is 2. The molecule has 3 aromatic rings. The lowest BCUT2D eigenvalue weighted by atomic mass is 10.1. The second-order valence-corrected chi connectivity index (χ2v) is 4.46. The van der Waals surface area contributed by atoms with Crippen LogP contribution in [0.1, 0.15) is 10.4 Å². The molecule has 4 heteroatoms. The van der Waals surface area contributed by atoms with Gasteiger partial charge in [0.2, 0.25) is 0 Å². The first-order valence-electron chi connectivity index (χ1n) is 4.85. The molecule has 2 heterocycles. The maximum Gasteiger partial charge on any atom is 0.194 e. The number of hydrogen-bond acceptors (Lipinski definition) is 3. The molecule has 0 saturated heterocycles.